The van der Waals surface area contributed by atoms with Crippen LogP contribution >= 0.6 is 0 Å². The lowest BCUT2D eigenvalue weighted by Crippen LogP contribution is -1.89. The van der Waals surface area contributed by atoms with Crippen LogP contribution in [0.4, 0.5) is 10.3 Å². The molecule has 1 aromatic heterocycles. The standard InChI is InChI=1S/C9H10FN3/c1-2-5-6(10)3-4-7-8(5)13-9(11)12-7/h3-4H,2H2,1H3,(H3,11,12,13). The number of aromatic nitrogens is 2. The molecular formula is C9H10FN3. The van der Waals surface area contributed by atoms with Crippen LogP contribution in [0.15, 0.2) is 12.1 Å². The lowest BCUT2D eigenvalue weighted by Gasteiger charge is -1.98. The number of anilines is 1. The molecule has 0 amide bonds. The van der Waals surface area contributed by atoms with Gasteiger partial charge in [0, 0.05) is 5.56 Å². The van der Waals surface area contributed by atoms with E-state index in [2.05, 4.69) is 9.97 Å². The Balaban J connectivity index is 2.82. The van der Waals surface area contributed by atoms with Gasteiger partial charge in [-0.2, -0.15) is 0 Å². The minimum atomic E-state index is -0.221. The molecule has 0 saturated heterocycles. The number of aryl methyl sites for hydroxylation is 1. The molecule has 0 unspecified atom stereocenters. The van der Waals surface area contributed by atoms with E-state index in [9.17, 15) is 4.39 Å². The van der Waals surface area contributed by atoms with Crippen LogP contribution in [0, 0.1) is 5.82 Å². The maximum atomic E-state index is 13.2. The highest BCUT2D eigenvalue weighted by atomic mass is 19.1. The molecular weight excluding hydrogens is 169 g/mol. The molecule has 0 atom stereocenters. The number of H-pyrrole nitrogens is 1. The Kier molecular flexibility index (Phi) is 1.69. The summed E-state index contributed by atoms with van der Waals surface area (Å²) >= 11 is 0. The second-order valence-corrected chi connectivity index (χ2v) is 2.90. The highest BCUT2D eigenvalue weighted by Crippen LogP contribution is 2.20. The lowest BCUT2D eigenvalue weighted by molar-refractivity contribution is 0.614. The van der Waals surface area contributed by atoms with Crippen molar-refractivity contribution in [3.05, 3.63) is 23.5 Å². The number of benzene rings is 1. The first kappa shape index (κ1) is 8.04. The number of hydrogen-bond acceptors (Lipinski definition) is 2. The molecule has 3 N–H and O–H groups in total. The van der Waals surface area contributed by atoms with Crippen molar-refractivity contribution in [2.45, 2.75) is 13.3 Å². The van der Waals surface area contributed by atoms with E-state index < -0.39 is 0 Å². The molecule has 4 heteroatoms. The van der Waals surface area contributed by atoms with E-state index in [1.807, 2.05) is 6.92 Å². The average Bonchev–Trinajstić information content (AvgIpc) is 2.45. The fourth-order valence-electron chi connectivity index (χ4n) is 1.46. The monoisotopic (exact) mass is 179 g/mol. The van der Waals surface area contributed by atoms with Crippen LogP contribution in [0.1, 0.15) is 12.5 Å². The van der Waals surface area contributed by atoms with Gasteiger partial charge in [-0.1, -0.05) is 6.92 Å². The van der Waals surface area contributed by atoms with Crippen LogP contribution in [0.25, 0.3) is 11.0 Å². The van der Waals surface area contributed by atoms with E-state index in [-0.39, 0.29) is 5.82 Å². The van der Waals surface area contributed by atoms with Crippen molar-refractivity contribution in [2.24, 2.45) is 0 Å². The molecule has 0 aliphatic heterocycles. The second-order valence-electron chi connectivity index (χ2n) is 2.90. The van der Waals surface area contributed by atoms with Crippen LogP contribution in [0.3, 0.4) is 0 Å². The Labute approximate surface area is 74.8 Å². The second kappa shape index (κ2) is 2.73. The number of aromatic amines is 1. The van der Waals surface area contributed by atoms with Crippen LogP contribution in [-0.4, -0.2) is 9.97 Å². The zero-order valence-electron chi connectivity index (χ0n) is 7.26. The van der Waals surface area contributed by atoms with E-state index in [1.54, 1.807) is 6.07 Å². The molecule has 0 aliphatic rings. The number of halogens is 1. The third kappa shape index (κ3) is 1.14. The predicted octanol–water partition coefficient (Wildman–Crippen LogP) is 1.85. The molecule has 13 heavy (non-hydrogen) atoms. The fourth-order valence-corrected chi connectivity index (χ4v) is 1.46. The van der Waals surface area contributed by atoms with Crippen molar-refractivity contribution in [3.63, 3.8) is 0 Å². The molecule has 0 bridgehead atoms. The zero-order chi connectivity index (χ0) is 9.42. The van der Waals surface area contributed by atoms with Crippen LogP contribution < -0.4 is 5.73 Å². The summed E-state index contributed by atoms with van der Waals surface area (Å²) in [7, 11) is 0. The number of nitrogens with zero attached hydrogens (tertiary/aromatic N) is 1. The number of rotatable bonds is 1. The molecule has 0 saturated carbocycles. The van der Waals surface area contributed by atoms with Gasteiger partial charge in [-0.05, 0) is 18.6 Å². The van der Waals surface area contributed by atoms with Gasteiger partial charge in [-0.15, -0.1) is 0 Å². The van der Waals surface area contributed by atoms with Gasteiger partial charge in [0.2, 0.25) is 0 Å². The molecule has 1 heterocycles. The smallest absolute Gasteiger partial charge is 0.198 e. The van der Waals surface area contributed by atoms with Gasteiger partial charge in [-0.25, -0.2) is 9.37 Å². The highest BCUT2D eigenvalue weighted by Gasteiger charge is 2.08. The summed E-state index contributed by atoms with van der Waals surface area (Å²) in [5.41, 5.74) is 7.52. The zero-order valence-corrected chi connectivity index (χ0v) is 7.26. The molecule has 3 nitrogen and oxygen atoms in total. The van der Waals surface area contributed by atoms with E-state index in [0.717, 1.165) is 5.52 Å². The van der Waals surface area contributed by atoms with Crippen molar-refractivity contribution < 1.29 is 4.39 Å². The summed E-state index contributed by atoms with van der Waals surface area (Å²) in [5, 5.41) is 0. The summed E-state index contributed by atoms with van der Waals surface area (Å²) in [6, 6.07) is 3.08. The lowest BCUT2D eigenvalue weighted by atomic mass is 10.1. The maximum absolute atomic E-state index is 13.2. The Morgan fingerprint density at radius 1 is 1.54 bits per heavy atom. The minimum absolute atomic E-state index is 0.221. The van der Waals surface area contributed by atoms with Gasteiger partial charge in [0.15, 0.2) is 5.95 Å². The van der Waals surface area contributed by atoms with Crippen LogP contribution in [0.5, 0.6) is 0 Å². The number of hydrogen-bond donors (Lipinski definition) is 2. The van der Waals surface area contributed by atoms with Crippen molar-refractivity contribution >= 4 is 17.0 Å². The Hall–Kier alpha value is -1.58. The van der Waals surface area contributed by atoms with Gasteiger partial charge in [0.1, 0.15) is 5.82 Å². The van der Waals surface area contributed by atoms with Crippen molar-refractivity contribution in [2.75, 3.05) is 5.73 Å². The van der Waals surface area contributed by atoms with E-state index in [0.29, 0.717) is 23.4 Å². The topological polar surface area (TPSA) is 54.7 Å². The van der Waals surface area contributed by atoms with Gasteiger partial charge >= 0.3 is 0 Å². The number of nitrogen functional groups attached to an aromatic ring is 1. The van der Waals surface area contributed by atoms with Crippen molar-refractivity contribution in [1.29, 1.82) is 0 Å². The Morgan fingerprint density at radius 3 is 3.00 bits per heavy atom. The van der Waals surface area contributed by atoms with E-state index >= 15 is 0 Å². The SMILES string of the molecule is CCc1c(F)ccc2[nH]c(N)nc12. The quantitative estimate of drug-likeness (QED) is 0.701. The number of fused-ring (bicyclic) bond motifs is 1. The first-order chi connectivity index (χ1) is 6.22. The summed E-state index contributed by atoms with van der Waals surface area (Å²) in [6.45, 7) is 1.89. The van der Waals surface area contributed by atoms with Crippen LogP contribution in [-0.2, 0) is 6.42 Å². The minimum Gasteiger partial charge on any atom is -0.369 e. The molecule has 0 spiro atoms. The number of nitrogens with two attached hydrogens (primary N) is 1. The normalized spacial score (nSPS) is 10.9. The molecule has 68 valence electrons. The Morgan fingerprint density at radius 2 is 2.31 bits per heavy atom. The van der Waals surface area contributed by atoms with Crippen molar-refractivity contribution in [1.82, 2.24) is 9.97 Å². The van der Waals surface area contributed by atoms with E-state index in [4.69, 9.17) is 5.73 Å². The van der Waals surface area contributed by atoms with Gasteiger partial charge in [0.05, 0.1) is 11.0 Å². The molecule has 1 aromatic carbocycles. The summed E-state index contributed by atoms with van der Waals surface area (Å²) in [4.78, 5) is 6.89. The molecule has 2 rings (SSSR count). The molecule has 0 radical (unpaired) electrons. The number of nitrogens with one attached hydrogen (secondary N) is 1. The molecule has 0 aliphatic carbocycles. The third-order valence-electron chi connectivity index (χ3n) is 2.07. The van der Waals surface area contributed by atoms with Gasteiger partial charge < -0.3 is 10.7 Å². The summed E-state index contributed by atoms with van der Waals surface area (Å²) in [6.07, 6.45) is 0.619. The largest absolute Gasteiger partial charge is 0.369 e. The first-order valence-electron chi connectivity index (χ1n) is 4.15. The summed E-state index contributed by atoms with van der Waals surface area (Å²) < 4.78 is 13.2. The van der Waals surface area contributed by atoms with Gasteiger partial charge in [0.25, 0.3) is 0 Å². The van der Waals surface area contributed by atoms with E-state index in [1.165, 1.54) is 6.07 Å². The fraction of sp³-hybridized carbons (Fsp3) is 0.222. The van der Waals surface area contributed by atoms with Crippen molar-refractivity contribution in [3.8, 4) is 0 Å². The number of imidazole rings is 1. The predicted molar refractivity (Wildman–Crippen MR) is 49.8 cm³/mol. The molecule has 2 aromatic rings. The Bertz CT molecular complexity index is 447. The highest BCUT2D eigenvalue weighted by molar-refractivity contribution is 5.80. The third-order valence-corrected chi connectivity index (χ3v) is 2.07. The first-order valence-corrected chi connectivity index (χ1v) is 4.15. The van der Waals surface area contributed by atoms with Gasteiger partial charge in [-0.3, -0.25) is 0 Å². The summed E-state index contributed by atoms with van der Waals surface area (Å²) in [5.74, 6) is 0.108. The van der Waals surface area contributed by atoms with Crippen LogP contribution in [0.2, 0.25) is 0 Å². The average molecular weight is 179 g/mol. The maximum Gasteiger partial charge on any atom is 0.198 e. The molecule has 0 fully saturated rings.